The van der Waals surface area contributed by atoms with Gasteiger partial charge in [0, 0.05) is 34.4 Å². The molecule has 0 bridgehead atoms. The molecule has 1 aliphatic heterocycles. The quantitative estimate of drug-likeness (QED) is 0.639. The molecule has 1 fully saturated rings. The largest absolute Gasteiger partial charge is 0.339 e. The molecular weight excluding hydrogens is 380 g/mol. The van der Waals surface area contributed by atoms with Crippen molar-refractivity contribution in [3.8, 4) is 0 Å². The van der Waals surface area contributed by atoms with Crippen molar-refractivity contribution in [2.75, 3.05) is 18.4 Å². The van der Waals surface area contributed by atoms with Gasteiger partial charge in [0.25, 0.3) is 11.8 Å². The number of piperidine rings is 1. The van der Waals surface area contributed by atoms with Gasteiger partial charge in [0.15, 0.2) is 0 Å². The second kappa shape index (κ2) is 7.71. The van der Waals surface area contributed by atoms with Crippen molar-refractivity contribution in [3.63, 3.8) is 0 Å². The molecule has 2 heterocycles. The van der Waals surface area contributed by atoms with E-state index in [-0.39, 0.29) is 11.8 Å². The third kappa shape index (κ3) is 3.70. The molecule has 0 atom stereocenters. The Kier molecular flexibility index (Phi) is 5.14. The lowest BCUT2D eigenvalue weighted by molar-refractivity contribution is 0.0724. The lowest BCUT2D eigenvalue weighted by Gasteiger charge is -2.26. The lowest BCUT2D eigenvalue weighted by Crippen LogP contribution is -2.35. The molecule has 4 rings (SSSR count). The highest BCUT2D eigenvalue weighted by Crippen LogP contribution is 2.35. The van der Waals surface area contributed by atoms with Gasteiger partial charge in [-0.3, -0.25) is 9.59 Å². The molecule has 0 radical (unpaired) electrons. The molecule has 6 heteroatoms. The van der Waals surface area contributed by atoms with E-state index >= 15 is 0 Å². The SMILES string of the molecule is O=C(Nc1ccc(C(=O)N2CCCCC2)cc1)c1sc2ccccc2c1Cl. The Balaban J connectivity index is 1.48. The molecule has 3 aromatic rings. The van der Waals surface area contributed by atoms with Crippen LogP contribution in [0.4, 0.5) is 5.69 Å². The van der Waals surface area contributed by atoms with Crippen LogP contribution in [0.1, 0.15) is 39.3 Å². The minimum atomic E-state index is -0.240. The number of rotatable bonds is 3. The average Bonchev–Trinajstić information content (AvgIpc) is 3.06. The number of nitrogens with zero attached hydrogens (tertiary/aromatic N) is 1. The maximum Gasteiger partial charge on any atom is 0.267 e. The van der Waals surface area contributed by atoms with Gasteiger partial charge in [-0.2, -0.15) is 0 Å². The molecule has 1 saturated heterocycles. The number of carbonyl (C=O) groups excluding carboxylic acids is 2. The van der Waals surface area contributed by atoms with Crippen molar-refractivity contribution >= 4 is 50.5 Å². The summed E-state index contributed by atoms with van der Waals surface area (Å²) in [6, 6.07) is 14.7. The number of fused-ring (bicyclic) bond motifs is 1. The van der Waals surface area contributed by atoms with Crippen molar-refractivity contribution in [2.24, 2.45) is 0 Å². The summed E-state index contributed by atoms with van der Waals surface area (Å²) in [6.45, 7) is 1.64. The third-order valence-corrected chi connectivity index (χ3v) is 6.45. The summed E-state index contributed by atoms with van der Waals surface area (Å²) in [5.41, 5.74) is 1.29. The van der Waals surface area contributed by atoms with Crippen LogP contribution in [-0.4, -0.2) is 29.8 Å². The minimum Gasteiger partial charge on any atom is -0.339 e. The van der Waals surface area contributed by atoms with Crippen molar-refractivity contribution in [2.45, 2.75) is 19.3 Å². The molecule has 2 aromatic carbocycles. The zero-order valence-electron chi connectivity index (χ0n) is 14.7. The van der Waals surface area contributed by atoms with Crippen LogP contribution < -0.4 is 5.32 Å². The first-order valence-electron chi connectivity index (χ1n) is 9.01. The van der Waals surface area contributed by atoms with Gasteiger partial charge in [0.05, 0.1) is 5.02 Å². The standard InChI is InChI=1S/C21H19ClN2O2S/c22-18-16-6-2-3-7-17(16)27-19(18)20(25)23-15-10-8-14(9-11-15)21(26)24-12-4-1-5-13-24/h2-3,6-11H,1,4-5,12-13H2,(H,23,25). The first-order valence-corrected chi connectivity index (χ1v) is 10.2. The number of likely N-dealkylation sites (tertiary alicyclic amines) is 1. The number of hydrogen-bond donors (Lipinski definition) is 1. The van der Waals surface area contributed by atoms with Gasteiger partial charge >= 0.3 is 0 Å². The predicted octanol–water partition coefficient (Wildman–Crippen LogP) is 5.43. The summed E-state index contributed by atoms with van der Waals surface area (Å²) in [5.74, 6) is -0.184. The number of hydrogen-bond acceptors (Lipinski definition) is 3. The number of nitrogens with one attached hydrogen (secondary N) is 1. The smallest absolute Gasteiger partial charge is 0.267 e. The van der Waals surface area contributed by atoms with Crippen molar-refractivity contribution in [3.05, 3.63) is 64.0 Å². The lowest BCUT2D eigenvalue weighted by atomic mass is 10.1. The molecule has 0 spiro atoms. The van der Waals surface area contributed by atoms with E-state index in [0.717, 1.165) is 36.0 Å². The highest BCUT2D eigenvalue weighted by atomic mass is 35.5. The molecule has 0 saturated carbocycles. The number of halogens is 1. The van der Waals surface area contributed by atoms with E-state index in [1.807, 2.05) is 29.2 Å². The maximum atomic E-state index is 12.6. The Morgan fingerprint density at radius 1 is 0.963 bits per heavy atom. The van der Waals surface area contributed by atoms with E-state index in [1.54, 1.807) is 24.3 Å². The third-order valence-electron chi connectivity index (χ3n) is 4.77. The molecular formula is C21H19ClN2O2S. The number of amides is 2. The van der Waals surface area contributed by atoms with Gasteiger partial charge in [-0.15, -0.1) is 11.3 Å². The molecule has 1 aromatic heterocycles. The Labute approximate surface area is 166 Å². The molecule has 27 heavy (non-hydrogen) atoms. The number of anilines is 1. The van der Waals surface area contributed by atoms with Crippen LogP contribution in [0.15, 0.2) is 48.5 Å². The summed E-state index contributed by atoms with van der Waals surface area (Å²) in [7, 11) is 0. The fraction of sp³-hybridized carbons (Fsp3) is 0.238. The first-order chi connectivity index (χ1) is 13.1. The predicted molar refractivity (Wildman–Crippen MR) is 111 cm³/mol. The molecule has 4 nitrogen and oxygen atoms in total. The summed E-state index contributed by atoms with van der Waals surface area (Å²) >= 11 is 7.74. The highest BCUT2D eigenvalue weighted by molar-refractivity contribution is 7.21. The van der Waals surface area contributed by atoms with Crippen LogP contribution in [-0.2, 0) is 0 Å². The molecule has 0 aliphatic carbocycles. The first kappa shape index (κ1) is 18.0. The van der Waals surface area contributed by atoms with Crippen molar-refractivity contribution in [1.82, 2.24) is 4.90 Å². The fourth-order valence-corrected chi connectivity index (χ4v) is 4.74. The zero-order chi connectivity index (χ0) is 18.8. The summed E-state index contributed by atoms with van der Waals surface area (Å²) in [6.07, 6.45) is 3.32. The van der Waals surface area contributed by atoms with Crippen LogP contribution in [0.2, 0.25) is 5.02 Å². The van der Waals surface area contributed by atoms with Crippen LogP contribution in [0.5, 0.6) is 0 Å². The van der Waals surface area contributed by atoms with E-state index in [0.29, 0.717) is 21.2 Å². The normalized spacial score (nSPS) is 14.3. The summed E-state index contributed by atoms with van der Waals surface area (Å²) < 4.78 is 0.982. The van der Waals surface area contributed by atoms with E-state index in [9.17, 15) is 9.59 Å². The highest BCUT2D eigenvalue weighted by Gasteiger charge is 2.19. The van der Waals surface area contributed by atoms with Gasteiger partial charge in [-0.05, 0) is 49.6 Å². The van der Waals surface area contributed by atoms with Crippen molar-refractivity contribution in [1.29, 1.82) is 0 Å². The Morgan fingerprint density at radius 2 is 1.67 bits per heavy atom. The molecule has 1 aliphatic rings. The van der Waals surface area contributed by atoms with Gasteiger partial charge in [-0.1, -0.05) is 29.8 Å². The monoisotopic (exact) mass is 398 g/mol. The van der Waals surface area contributed by atoms with Gasteiger partial charge in [-0.25, -0.2) is 0 Å². The molecule has 1 N–H and O–H groups in total. The average molecular weight is 399 g/mol. The zero-order valence-corrected chi connectivity index (χ0v) is 16.3. The van der Waals surface area contributed by atoms with Crippen LogP contribution in [0.3, 0.4) is 0 Å². The molecule has 2 amide bonds. The van der Waals surface area contributed by atoms with Gasteiger partial charge < -0.3 is 10.2 Å². The van der Waals surface area contributed by atoms with Gasteiger partial charge in [0.1, 0.15) is 4.88 Å². The Hall–Kier alpha value is -2.37. The number of thiophene rings is 1. The maximum absolute atomic E-state index is 12.6. The Bertz CT molecular complexity index is 991. The summed E-state index contributed by atoms with van der Waals surface area (Å²) in [4.78, 5) is 27.5. The number of carbonyl (C=O) groups is 2. The van der Waals surface area contributed by atoms with Crippen LogP contribution in [0.25, 0.3) is 10.1 Å². The minimum absolute atomic E-state index is 0.0557. The van der Waals surface area contributed by atoms with E-state index in [4.69, 9.17) is 11.6 Å². The topological polar surface area (TPSA) is 49.4 Å². The molecule has 0 unspecified atom stereocenters. The summed E-state index contributed by atoms with van der Waals surface area (Å²) in [5, 5.41) is 4.23. The van der Waals surface area contributed by atoms with Crippen molar-refractivity contribution < 1.29 is 9.59 Å². The number of benzene rings is 2. The van der Waals surface area contributed by atoms with Crippen LogP contribution in [0, 0.1) is 0 Å². The van der Waals surface area contributed by atoms with E-state index in [2.05, 4.69) is 5.32 Å². The van der Waals surface area contributed by atoms with E-state index < -0.39 is 0 Å². The Morgan fingerprint density at radius 3 is 2.37 bits per heavy atom. The van der Waals surface area contributed by atoms with Gasteiger partial charge in [0.2, 0.25) is 0 Å². The van der Waals surface area contributed by atoms with Crippen LogP contribution >= 0.6 is 22.9 Å². The second-order valence-electron chi connectivity index (χ2n) is 6.63. The fourth-order valence-electron chi connectivity index (χ4n) is 3.32. The van der Waals surface area contributed by atoms with E-state index in [1.165, 1.54) is 17.8 Å². The molecule has 138 valence electrons. The second-order valence-corrected chi connectivity index (χ2v) is 8.06.